The summed E-state index contributed by atoms with van der Waals surface area (Å²) in [5.41, 5.74) is 1.86. The number of nitrogens with zero attached hydrogens (tertiary/aromatic N) is 2. The van der Waals surface area contributed by atoms with E-state index in [-0.39, 0.29) is 13.2 Å². The van der Waals surface area contributed by atoms with Crippen molar-refractivity contribution in [3.05, 3.63) is 39.9 Å². The number of aliphatic hydroxyl groups excluding tert-OH is 1. The molecule has 2 rings (SSSR count). The molecule has 0 aliphatic rings. The molecule has 0 fully saturated rings. The number of aryl methyl sites for hydroxylation is 2. The zero-order valence-corrected chi connectivity index (χ0v) is 16.9. The molecule has 0 bridgehead atoms. The molecule has 0 atom stereocenters. The number of thiazole rings is 1. The molecule has 26 heavy (non-hydrogen) atoms. The first-order valence-corrected chi connectivity index (χ1v) is 9.17. The quantitative estimate of drug-likeness (QED) is 0.844. The summed E-state index contributed by atoms with van der Waals surface area (Å²) < 4.78 is 11.0. The molecule has 0 spiro atoms. The van der Waals surface area contributed by atoms with Crippen LogP contribution in [-0.2, 0) is 17.9 Å². The van der Waals surface area contributed by atoms with E-state index in [9.17, 15) is 9.90 Å². The topological polar surface area (TPSA) is 71.9 Å². The number of hydrogen-bond donors (Lipinski definition) is 1. The van der Waals surface area contributed by atoms with Crippen molar-refractivity contribution in [3.8, 4) is 5.75 Å². The third kappa shape index (κ3) is 4.95. The minimum atomic E-state index is -0.626. The average molecular weight is 378 g/mol. The number of methoxy groups -OCH3 is 1. The molecule has 142 valence electrons. The van der Waals surface area contributed by atoms with Gasteiger partial charge in [0.2, 0.25) is 0 Å². The lowest BCUT2D eigenvalue weighted by atomic mass is 10.1. The van der Waals surface area contributed by atoms with Gasteiger partial charge in [0.1, 0.15) is 11.4 Å². The monoisotopic (exact) mass is 378 g/mol. The Morgan fingerprint density at radius 1 is 1.31 bits per heavy atom. The lowest BCUT2D eigenvalue weighted by Crippen LogP contribution is -2.36. The van der Waals surface area contributed by atoms with Gasteiger partial charge in [-0.2, -0.15) is 0 Å². The first-order valence-electron chi connectivity index (χ1n) is 8.36. The van der Waals surface area contributed by atoms with Crippen molar-refractivity contribution >= 4 is 22.6 Å². The molecule has 0 radical (unpaired) electrons. The Bertz CT molecular complexity index is 780. The zero-order chi connectivity index (χ0) is 19.5. The number of aliphatic hydroxyl groups is 1. The Hall–Kier alpha value is -2.12. The highest BCUT2D eigenvalue weighted by molar-refractivity contribution is 7.15. The molecule has 0 aliphatic carbocycles. The van der Waals surface area contributed by atoms with E-state index in [2.05, 4.69) is 4.98 Å². The molecule has 0 unspecified atom stereocenters. The summed E-state index contributed by atoms with van der Waals surface area (Å²) in [6.45, 7) is 9.40. The molecule has 1 aromatic carbocycles. The van der Waals surface area contributed by atoms with Gasteiger partial charge in [0.05, 0.1) is 26.0 Å². The Morgan fingerprint density at radius 3 is 2.54 bits per heavy atom. The zero-order valence-electron chi connectivity index (χ0n) is 16.1. The first-order chi connectivity index (χ1) is 12.1. The molecule has 0 saturated carbocycles. The van der Waals surface area contributed by atoms with E-state index in [1.165, 1.54) is 16.2 Å². The first kappa shape index (κ1) is 20.2. The van der Waals surface area contributed by atoms with E-state index in [0.29, 0.717) is 16.6 Å². The highest BCUT2D eigenvalue weighted by Crippen LogP contribution is 2.30. The maximum Gasteiger partial charge on any atom is 0.416 e. The molecule has 7 heteroatoms. The van der Waals surface area contributed by atoms with E-state index in [1.807, 2.05) is 52.8 Å². The average Bonchev–Trinajstić information content (AvgIpc) is 2.92. The molecular weight excluding hydrogens is 352 g/mol. The normalized spacial score (nSPS) is 11.3. The number of benzene rings is 1. The second-order valence-corrected chi connectivity index (χ2v) is 8.22. The van der Waals surface area contributed by atoms with E-state index >= 15 is 0 Å². The fourth-order valence-corrected chi connectivity index (χ4v) is 3.26. The minimum Gasteiger partial charge on any atom is -0.496 e. The van der Waals surface area contributed by atoms with Gasteiger partial charge < -0.3 is 14.6 Å². The number of carbonyl (C=O) groups is 1. The number of aromatic nitrogens is 1. The van der Waals surface area contributed by atoms with Crippen molar-refractivity contribution in [2.24, 2.45) is 0 Å². The standard InChI is InChI=1S/C19H26N2O4S/c1-12-7-8-14(16(9-12)24-6)10-21(18(23)25-19(3,4)5)17-20-15(11-22)13(2)26-17/h7-9,22H,10-11H2,1-6H3. The van der Waals surface area contributed by atoms with Crippen molar-refractivity contribution in [3.63, 3.8) is 0 Å². The molecule has 1 heterocycles. The van der Waals surface area contributed by atoms with Crippen LogP contribution in [0.5, 0.6) is 5.75 Å². The van der Waals surface area contributed by atoms with Crippen LogP contribution in [0.3, 0.4) is 0 Å². The Balaban J connectivity index is 2.41. The van der Waals surface area contributed by atoms with Crippen LogP contribution in [0.25, 0.3) is 0 Å². The van der Waals surface area contributed by atoms with Crippen LogP contribution in [-0.4, -0.2) is 28.9 Å². The van der Waals surface area contributed by atoms with Crippen molar-refractivity contribution in [1.82, 2.24) is 4.98 Å². The van der Waals surface area contributed by atoms with Gasteiger partial charge in [-0.25, -0.2) is 14.7 Å². The fraction of sp³-hybridized carbons (Fsp3) is 0.474. The van der Waals surface area contributed by atoms with Crippen molar-refractivity contribution < 1.29 is 19.4 Å². The molecule has 1 amide bonds. The Kier molecular flexibility index (Phi) is 6.26. The lowest BCUT2D eigenvalue weighted by molar-refractivity contribution is 0.0577. The van der Waals surface area contributed by atoms with Crippen molar-refractivity contribution in [1.29, 1.82) is 0 Å². The summed E-state index contributed by atoms with van der Waals surface area (Å²) in [7, 11) is 1.60. The number of amides is 1. The fourth-order valence-electron chi connectivity index (χ4n) is 2.36. The van der Waals surface area contributed by atoms with Crippen LogP contribution in [0.15, 0.2) is 18.2 Å². The summed E-state index contributed by atoms with van der Waals surface area (Å²) >= 11 is 1.35. The number of rotatable bonds is 5. The van der Waals surface area contributed by atoms with E-state index in [0.717, 1.165) is 16.0 Å². The third-order valence-electron chi connectivity index (χ3n) is 3.65. The van der Waals surface area contributed by atoms with E-state index in [1.54, 1.807) is 7.11 Å². The van der Waals surface area contributed by atoms with Gasteiger partial charge in [0.15, 0.2) is 5.13 Å². The smallest absolute Gasteiger partial charge is 0.416 e. The molecule has 1 aromatic heterocycles. The predicted molar refractivity (Wildman–Crippen MR) is 103 cm³/mol. The van der Waals surface area contributed by atoms with E-state index < -0.39 is 11.7 Å². The summed E-state index contributed by atoms with van der Waals surface area (Å²) in [5.74, 6) is 0.703. The van der Waals surface area contributed by atoms with Crippen LogP contribution < -0.4 is 9.64 Å². The number of anilines is 1. The van der Waals surface area contributed by atoms with Gasteiger partial charge in [-0.3, -0.25) is 0 Å². The molecule has 0 saturated heterocycles. The second kappa shape index (κ2) is 8.05. The maximum absolute atomic E-state index is 12.8. The molecule has 0 aliphatic heterocycles. The largest absolute Gasteiger partial charge is 0.496 e. The highest BCUT2D eigenvalue weighted by atomic mass is 32.1. The van der Waals surface area contributed by atoms with Crippen molar-refractivity contribution in [2.45, 2.75) is 53.4 Å². The van der Waals surface area contributed by atoms with Crippen LogP contribution in [0.4, 0.5) is 9.93 Å². The third-order valence-corrected chi connectivity index (χ3v) is 4.68. The van der Waals surface area contributed by atoms with Gasteiger partial charge in [-0.15, -0.1) is 11.3 Å². The molecular formula is C19H26N2O4S. The van der Waals surface area contributed by atoms with Crippen LogP contribution in [0, 0.1) is 13.8 Å². The van der Waals surface area contributed by atoms with Gasteiger partial charge >= 0.3 is 6.09 Å². The predicted octanol–water partition coefficient (Wildman–Crippen LogP) is 4.20. The summed E-state index contributed by atoms with van der Waals surface area (Å²) in [5, 5.41) is 9.92. The number of hydrogen-bond acceptors (Lipinski definition) is 6. The van der Waals surface area contributed by atoms with Gasteiger partial charge in [-0.05, 0) is 46.2 Å². The summed E-state index contributed by atoms with van der Waals surface area (Å²) in [6, 6.07) is 5.82. The van der Waals surface area contributed by atoms with Crippen molar-refractivity contribution in [2.75, 3.05) is 12.0 Å². The molecule has 6 nitrogen and oxygen atoms in total. The molecule has 1 N–H and O–H groups in total. The highest BCUT2D eigenvalue weighted by Gasteiger charge is 2.27. The molecule has 2 aromatic rings. The van der Waals surface area contributed by atoms with Gasteiger partial charge in [-0.1, -0.05) is 12.1 Å². The summed E-state index contributed by atoms with van der Waals surface area (Å²) in [6.07, 6.45) is -0.488. The van der Waals surface area contributed by atoms with Crippen LogP contribution in [0.2, 0.25) is 0 Å². The minimum absolute atomic E-state index is 0.168. The number of carbonyl (C=O) groups excluding carboxylic acids is 1. The second-order valence-electron chi connectivity index (χ2n) is 7.04. The SMILES string of the molecule is COc1cc(C)ccc1CN(C(=O)OC(C)(C)C)c1nc(CO)c(C)s1. The lowest BCUT2D eigenvalue weighted by Gasteiger charge is -2.26. The number of ether oxygens (including phenoxy) is 2. The Morgan fingerprint density at radius 2 is 2.00 bits per heavy atom. The van der Waals surface area contributed by atoms with E-state index in [4.69, 9.17) is 9.47 Å². The van der Waals surface area contributed by atoms with Gasteiger partial charge in [0, 0.05) is 10.4 Å². The van der Waals surface area contributed by atoms with Crippen LogP contribution in [0.1, 0.15) is 42.5 Å². The van der Waals surface area contributed by atoms with Gasteiger partial charge in [0.25, 0.3) is 0 Å². The Labute approximate surface area is 158 Å². The maximum atomic E-state index is 12.8. The van der Waals surface area contributed by atoms with Crippen LogP contribution >= 0.6 is 11.3 Å². The summed E-state index contributed by atoms with van der Waals surface area (Å²) in [4.78, 5) is 19.6.